The minimum atomic E-state index is -0.951. The lowest BCUT2D eigenvalue weighted by Crippen LogP contribution is -2.18. The Hall–Kier alpha value is -4.63. The number of carbonyl (C=O) groups excluding carboxylic acids is 1. The number of anilines is 1. The summed E-state index contributed by atoms with van der Waals surface area (Å²) in [7, 11) is 0. The molecule has 0 saturated carbocycles. The summed E-state index contributed by atoms with van der Waals surface area (Å²) in [6.07, 6.45) is 3.97. The second kappa shape index (κ2) is 10.6. The molecular formula is C30H25F2N5O2. The van der Waals surface area contributed by atoms with Crippen molar-refractivity contribution < 1.29 is 18.3 Å². The molecule has 0 spiro atoms. The number of aromatic nitrogens is 4. The summed E-state index contributed by atoms with van der Waals surface area (Å²) in [5.41, 5.74) is 3.21. The first-order valence-electron chi connectivity index (χ1n) is 12.8. The normalized spacial score (nSPS) is 15.3. The van der Waals surface area contributed by atoms with Gasteiger partial charge in [-0.1, -0.05) is 66.7 Å². The highest BCUT2D eigenvalue weighted by molar-refractivity contribution is 6.06. The fraction of sp³-hybridized carbons (Fsp3) is 0.167. The summed E-state index contributed by atoms with van der Waals surface area (Å²) in [4.78, 5) is 21.3. The SMILES string of the molecule is O=C(Nc1cn(C2CCCCO2)nc1-c1nc(-c2ccccc2)c(-c2ccccc2)[nH]1)c1c(F)cccc1F. The van der Waals surface area contributed by atoms with E-state index in [0.717, 1.165) is 48.2 Å². The van der Waals surface area contributed by atoms with E-state index in [0.29, 0.717) is 23.8 Å². The Morgan fingerprint density at radius 3 is 2.26 bits per heavy atom. The summed E-state index contributed by atoms with van der Waals surface area (Å²) < 4.78 is 36.3. The third kappa shape index (κ3) is 4.96. The summed E-state index contributed by atoms with van der Waals surface area (Å²) in [6, 6.07) is 22.8. The first-order valence-corrected chi connectivity index (χ1v) is 12.8. The molecule has 9 heteroatoms. The predicted molar refractivity (Wildman–Crippen MR) is 144 cm³/mol. The van der Waals surface area contributed by atoms with E-state index in [1.165, 1.54) is 6.07 Å². The van der Waals surface area contributed by atoms with Gasteiger partial charge in [0.2, 0.25) is 0 Å². The number of ether oxygens (including phenoxy) is 1. The fourth-order valence-electron chi connectivity index (χ4n) is 4.74. The number of H-pyrrole nitrogens is 1. The summed E-state index contributed by atoms with van der Waals surface area (Å²) in [5, 5.41) is 7.39. The highest BCUT2D eigenvalue weighted by Gasteiger charge is 2.26. The van der Waals surface area contributed by atoms with E-state index in [4.69, 9.17) is 14.8 Å². The zero-order valence-electron chi connectivity index (χ0n) is 20.9. The summed E-state index contributed by atoms with van der Waals surface area (Å²) in [5.74, 6) is -2.43. The molecule has 1 fully saturated rings. The molecule has 0 radical (unpaired) electrons. The Morgan fingerprint density at radius 1 is 0.897 bits per heavy atom. The molecule has 1 aliphatic rings. The monoisotopic (exact) mass is 525 g/mol. The number of rotatable bonds is 6. The highest BCUT2D eigenvalue weighted by atomic mass is 19.1. The Labute approximate surface area is 223 Å². The molecule has 1 saturated heterocycles. The van der Waals surface area contributed by atoms with Crippen LogP contribution in [-0.4, -0.2) is 32.3 Å². The minimum absolute atomic E-state index is 0.254. The summed E-state index contributed by atoms with van der Waals surface area (Å²) >= 11 is 0. The topological polar surface area (TPSA) is 84.8 Å². The molecule has 6 rings (SSSR count). The van der Waals surface area contributed by atoms with Crippen molar-refractivity contribution in [1.82, 2.24) is 19.7 Å². The average Bonchev–Trinajstić information content (AvgIpc) is 3.59. The Morgan fingerprint density at radius 2 is 1.59 bits per heavy atom. The van der Waals surface area contributed by atoms with Crippen LogP contribution in [0, 0.1) is 11.6 Å². The molecule has 1 amide bonds. The third-order valence-electron chi connectivity index (χ3n) is 6.66. The van der Waals surface area contributed by atoms with E-state index in [9.17, 15) is 13.6 Å². The average molecular weight is 526 g/mol. The molecule has 1 unspecified atom stereocenters. The van der Waals surface area contributed by atoms with Crippen molar-refractivity contribution >= 4 is 11.6 Å². The van der Waals surface area contributed by atoms with Crippen molar-refractivity contribution in [2.24, 2.45) is 0 Å². The van der Waals surface area contributed by atoms with Crippen LogP contribution in [0.5, 0.6) is 0 Å². The number of nitrogens with one attached hydrogen (secondary N) is 2. The maximum atomic E-state index is 14.4. The zero-order chi connectivity index (χ0) is 26.8. The van der Waals surface area contributed by atoms with Gasteiger partial charge in [0.25, 0.3) is 5.91 Å². The molecule has 196 valence electrons. The number of aromatic amines is 1. The van der Waals surface area contributed by atoms with Gasteiger partial charge >= 0.3 is 0 Å². The molecule has 1 aliphatic heterocycles. The van der Waals surface area contributed by atoms with Crippen LogP contribution >= 0.6 is 0 Å². The number of hydrogen-bond acceptors (Lipinski definition) is 4. The molecule has 3 aromatic carbocycles. The van der Waals surface area contributed by atoms with Gasteiger partial charge in [-0.2, -0.15) is 5.10 Å². The van der Waals surface area contributed by atoms with E-state index < -0.39 is 23.1 Å². The molecule has 2 N–H and O–H groups in total. The van der Waals surface area contributed by atoms with Crippen LogP contribution in [0.2, 0.25) is 0 Å². The second-order valence-electron chi connectivity index (χ2n) is 9.28. The van der Waals surface area contributed by atoms with Crippen molar-refractivity contribution in [3.63, 3.8) is 0 Å². The van der Waals surface area contributed by atoms with Crippen LogP contribution < -0.4 is 5.32 Å². The van der Waals surface area contributed by atoms with E-state index in [2.05, 4.69) is 10.3 Å². The molecule has 0 bridgehead atoms. The van der Waals surface area contributed by atoms with E-state index in [1.807, 2.05) is 60.7 Å². The van der Waals surface area contributed by atoms with Crippen molar-refractivity contribution in [2.45, 2.75) is 25.5 Å². The van der Waals surface area contributed by atoms with E-state index in [1.54, 1.807) is 10.9 Å². The van der Waals surface area contributed by atoms with Crippen LogP contribution in [0.25, 0.3) is 34.0 Å². The number of amides is 1. The lowest BCUT2D eigenvalue weighted by atomic mass is 10.1. The Bertz CT molecular complexity index is 1530. The van der Waals surface area contributed by atoms with Gasteiger partial charge in [-0.15, -0.1) is 0 Å². The van der Waals surface area contributed by atoms with Gasteiger partial charge in [0.05, 0.1) is 23.3 Å². The smallest absolute Gasteiger partial charge is 0.261 e. The number of nitrogens with zero attached hydrogens (tertiary/aromatic N) is 3. The van der Waals surface area contributed by atoms with Crippen molar-refractivity contribution in [3.05, 3.63) is 102 Å². The van der Waals surface area contributed by atoms with Gasteiger partial charge in [-0.25, -0.2) is 18.4 Å². The van der Waals surface area contributed by atoms with Crippen LogP contribution in [0.3, 0.4) is 0 Å². The molecule has 39 heavy (non-hydrogen) atoms. The van der Waals surface area contributed by atoms with E-state index >= 15 is 0 Å². The van der Waals surface area contributed by atoms with Crippen LogP contribution in [0.4, 0.5) is 14.5 Å². The minimum Gasteiger partial charge on any atom is -0.357 e. The number of imidazole rings is 1. The Balaban J connectivity index is 1.47. The lowest BCUT2D eigenvalue weighted by Gasteiger charge is -2.22. The van der Waals surface area contributed by atoms with Crippen molar-refractivity contribution in [3.8, 4) is 34.0 Å². The van der Waals surface area contributed by atoms with E-state index in [-0.39, 0.29) is 11.9 Å². The van der Waals surface area contributed by atoms with Crippen molar-refractivity contribution in [2.75, 3.05) is 11.9 Å². The fourth-order valence-corrected chi connectivity index (χ4v) is 4.74. The van der Waals surface area contributed by atoms with Crippen LogP contribution in [0.15, 0.2) is 85.1 Å². The van der Waals surface area contributed by atoms with Gasteiger partial charge < -0.3 is 15.0 Å². The van der Waals surface area contributed by atoms with Gasteiger partial charge in [0, 0.05) is 17.7 Å². The molecule has 2 aromatic heterocycles. The summed E-state index contributed by atoms with van der Waals surface area (Å²) in [6.45, 7) is 0.596. The lowest BCUT2D eigenvalue weighted by molar-refractivity contribution is -0.0393. The zero-order valence-corrected chi connectivity index (χ0v) is 20.9. The second-order valence-corrected chi connectivity index (χ2v) is 9.28. The molecule has 3 heterocycles. The standard InChI is InChI=1S/C30H25F2N5O2/c31-21-14-9-15-22(32)25(21)30(38)33-23-18-37(24-16-7-8-17-39-24)36-28(23)29-34-26(19-10-3-1-4-11-19)27(35-29)20-12-5-2-6-13-20/h1-6,9-15,18,24H,7-8,16-17H2,(H,33,38)(H,34,35). The molecular weight excluding hydrogens is 500 g/mol. The first kappa shape index (κ1) is 24.7. The molecule has 5 aromatic rings. The number of halogens is 2. The number of benzene rings is 3. The highest BCUT2D eigenvalue weighted by Crippen LogP contribution is 2.36. The predicted octanol–water partition coefficient (Wildman–Crippen LogP) is 6.84. The number of carbonyl (C=O) groups is 1. The van der Waals surface area contributed by atoms with Crippen LogP contribution in [0.1, 0.15) is 35.8 Å². The van der Waals surface area contributed by atoms with Gasteiger partial charge in [0.1, 0.15) is 23.4 Å². The largest absolute Gasteiger partial charge is 0.357 e. The van der Waals surface area contributed by atoms with Gasteiger partial charge in [-0.3, -0.25) is 4.79 Å². The molecule has 1 atom stereocenters. The third-order valence-corrected chi connectivity index (χ3v) is 6.66. The van der Waals surface area contributed by atoms with Gasteiger partial charge in [0.15, 0.2) is 11.5 Å². The molecule has 7 nitrogen and oxygen atoms in total. The Kier molecular flexibility index (Phi) is 6.73. The number of hydrogen-bond donors (Lipinski definition) is 2. The maximum absolute atomic E-state index is 14.4. The van der Waals surface area contributed by atoms with Crippen LogP contribution in [-0.2, 0) is 4.74 Å². The molecule has 0 aliphatic carbocycles. The van der Waals surface area contributed by atoms with Crippen molar-refractivity contribution in [1.29, 1.82) is 0 Å². The quantitative estimate of drug-likeness (QED) is 0.254. The van der Waals surface area contributed by atoms with Gasteiger partial charge in [-0.05, 0) is 31.4 Å². The maximum Gasteiger partial charge on any atom is 0.261 e. The first-order chi connectivity index (χ1) is 19.1.